The van der Waals surface area contributed by atoms with Crippen LogP contribution in [0.2, 0.25) is 5.15 Å². The first-order valence-electron chi connectivity index (χ1n) is 5.43. The van der Waals surface area contributed by atoms with Crippen LogP contribution in [0.25, 0.3) is 21.7 Å². The van der Waals surface area contributed by atoms with Crippen LogP contribution in [0.15, 0.2) is 41.5 Å². The Labute approximate surface area is 112 Å². The van der Waals surface area contributed by atoms with E-state index in [-0.39, 0.29) is 11.2 Å². The van der Waals surface area contributed by atoms with Gasteiger partial charge in [0, 0.05) is 12.4 Å². The third-order valence-electron chi connectivity index (χ3n) is 2.79. The molecule has 0 spiro atoms. The maximum Gasteiger partial charge on any atom is 0.292 e. The number of hydrogen-bond acceptors (Lipinski definition) is 2. The van der Waals surface area contributed by atoms with E-state index < -0.39 is 0 Å². The van der Waals surface area contributed by atoms with Crippen LogP contribution in [-0.2, 0) is 0 Å². The SMILES string of the molecule is [C-]#[N+]c1ccc(-c2[nH]c(=O)c3nccn3c2Cl)cc1. The fourth-order valence-corrected chi connectivity index (χ4v) is 2.16. The van der Waals surface area contributed by atoms with Gasteiger partial charge in [-0.3, -0.25) is 9.20 Å². The first-order valence-corrected chi connectivity index (χ1v) is 5.81. The van der Waals surface area contributed by atoms with Crippen molar-refractivity contribution < 1.29 is 0 Å². The molecular weight excluding hydrogens is 264 g/mol. The molecule has 0 saturated carbocycles. The Morgan fingerprint density at radius 2 is 2.05 bits per heavy atom. The van der Waals surface area contributed by atoms with Crippen molar-refractivity contribution in [3.05, 3.63) is 63.6 Å². The molecule has 1 N–H and O–H groups in total. The van der Waals surface area contributed by atoms with Gasteiger partial charge in [-0.15, -0.1) is 0 Å². The Balaban J connectivity index is 2.27. The Morgan fingerprint density at radius 3 is 2.74 bits per heavy atom. The minimum absolute atomic E-state index is 0.256. The fourth-order valence-electron chi connectivity index (χ4n) is 1.87. The average Bonchev–Trinajstić information content (AvgIpc) is 2.93. The molecule has 3 rings (SSSR count). The van der Waals surface area contributed by atoms with E-state index in [1.807, 2.05) is 0 Å². The van der Waals surface area contributed by atoms with Crippen LogP contribution in [0.4, 0.5) is 5.69 Å². The zero-order chi connectivity index (χ0) is 13.4. The van der Waals surface area contributed by atoms with Gasteiger partial charge in [0.1, 0.15) is 5.15 Å². The predicted octanol–water partition coefficient (Wildman–Crippen LogP) is 2.89. The first kappa shape index (κ1) is 11.5. The van der Waals surface area contributed by atoms with Crippen LogP contribution < -0.4 is 5.56 Å². The zero-order valence-corrected chi connectivity index (χ0v) is 10.3. The molecule has 0 unspecified atom stereocenters. The summed E-state index contributed by atoms with van der Waals surface area (Å²) in [4.78, 5) is 21.8. The summed E-state index contributed by atoms with van der Waals surface area (Å²) in [7, 11) is 0. The molecule has 19 heavy (non-hydrogen) atoms. The summed E-state index contributed by atoms with van der Waals surface area (Å²) in [5.74, 6) is 0. The number of nitrogens with one attached hydrogen (secondary N) is 1. The molecule has 2 aromatic heterocycles. The van der Waals surface area contributed by atoms with Gasteiger partial charge >= 0.3 is 0 Å². The predicted molar refractivity (Wildman–Crippen MR) is 72.5 cm³/mol. The second-order valence-electron chi connectivity index (χ2n) is 3.90. The lowest BCUT2D eigenvalue weighted by Gasteiger charge is -2.06. The molecule has 0 fully saturated rings. The summed E-state index contributed by atoms with van der Waals surface area (Å²) < 4.78 is 1.53. The molecule has 3 aromatic rings. The van der Waals surface area contributed by atoms with Crippen molar-refractivity contribution in [3.63, 3.8) is 0 Å². The van der Waals surface area contributed by atoms with Crippen LogP contribution in [0, 0.1) is 6.57 Å². The van der Waals surface area contributed by atoms with Gasteiger partial charge < -0.3 is 4.98 Å². The van der Waals surface area contributed by atoms with E-state index in [2.05, 4.69) is 14.8 Å². The molecule has 6 heteroatoms. The Kier molecular flexibility index (Phi) is 2.58. The molecule has 0 amide bonds. The highest BCUT2D eigenvalue weighted by Crippen LogP contribution is 2.26. The molecule has 0 atom stereocenters. The van der Waals surface area contributed by atoms with Gasteiger partial charge in [0.2, 0.25) is 5.65 Å². The van der Waals surface area contributed by atoms with Gasteiger partial charge in [0.25, 0.3) is 5.56 Å². The number of fused-ring (bicyclic) bond motifs is 1. The monoisotopic (exact) mass is 270 g/mol. The molecule has 0 aliphatic heterocycles. The van der Waals surface area contributed by atoms with E-state index >= 15 is 0 Å². The van der Waals surface area contributed by atoms with E-state index in [1.165, 1.54) is 10.6 Å². The van der Waals surface area contributed by atoms with Crippen LogP contribution in [0.5, 0.6) is 0 Å². The Hall–Kier alpha value is -2.58. The molecular formula is C13H7ClN4O. The number of rotatable bonds is 1. The molecule has 0 bridgehead atoms. The van der Waals surface area contributed by atoms with Crippen LogP contribution >= 0.6 is 11.6 Å². The van der Waals surface area contributed by atoms with Crippen LogP contribution in [0.1, 0.15) is 0 Å². The van der Waals surface area contributed by atoms with Gasteiger partial charge in [-0.1, -0.05) is 35.9 Å². The number of nitrogens with zero attached hydrogens (tertiary/aromatic N) is 3. The first-order chi connectivity index (χ1) is 9.20. The number of aromatic amines is 1. The molecule has 1 aromatic carbocycles. The van der Waals surface area contributed by atoms with Crippen molar-refractivity contribution in [1.29, 1.82) is 0 Å². The maximum absolute atomic E-state index is 11.9. The summed E-state index contributed by atoms with van der Waals surface area (Å²) in [6.07, 6.45) is 3.15. The summed E-state index contributed by atoms with van der Waals surface area (Å²) in [5.41, 5.74) is 1.73. The standard InChI is InChI=1S/C13H7ClN4O/c1-15-9-4-2-8(3-5-9)10-11(14)18-7-6-16-12(18)13(19)17-10/h2-7H,(H,17,19). The second-order valence-corrected chi connectivity index (χ2v) is 4.26. The second kappa shape index (κ2) is 4.26. The number of benzene rings is 1. The van der Waals surface area contributed by atoms with Gasteiger partial charge in [-0.25, -0.2) is 9.83 Å². The number of imidazole rings is 1. The zero-order valence-electron chi connectivity index (χ0n) is 9.59. The van der Waals surface area contributed by atoms with E-state index in [4.69, 9.17) is 18.2 Å². The fraction of sp³-hybridized carbons (Fsp3) is 0. The van der Waals surface area contributed by atoms with E-state index in [9.17, 15) is 4.79 Å². The lowest BCUT2D eigenvalue weighted by molar-refractivity contribution is 1.10. The van der Waals surface area contributed by atoms with Crippen molar-refractivity contribution in [1.82, 2.24) is 14.4 Å². The maximum atomic E-state index is 11.9. The van der Waals surface area contributed by atoms with Gasteiger partial charge in [-0.2, -0.15) is 0 Å². The van der Waals surface area contributed by atoms with Crippen LogP contribution in [0.3, 0.4) is 0 Å². The van der Waals surface area contributed by atoms with Gasteiger partial charge in [0.05, 0.1) is 12.3 Å². The quantitative estimate of drug-likeness (QED) is 0.691. The average molecular weight is 271 g/mol. The van der Waals surface area contributed by atoms with Gasteiger partial charge in [0.15, 0.2) is 5.69 Å². The van der Waals surface area contributed by atoms with Crippen molar-refractivity contribution in [2.45, 2.75) is 0 Å². The smallest absolute Gasteiger partial charge is 0.292 e. The number of halogens is 1. The third kappa shape index (κ3) is 1.79. The minimum atomic E-state index is -0.307. The number of aromatic nitrogens is 3. The van der Waals surface area contributed by atoms with Crippen molar-refractivity contribution in [3.8, 4) is 11.3 Å². The molecule has 92 valence electrons. The minimum Gasteiger partial charge on any atom is -0.316 e. The topological polar surface area (TPSA) is 54.5 Å². The molecule has 5 nitrogen and oxygen atoms in total. The summed E-state index contributed by atoms with van der Waals surface area (Å²) in [5, 5.41) is 0.377. The lowest BCUT2D eigenvalue weighted by atomic mass is 10.1. The molecule has 0 radical (unpaired) electrons. The highest BCUT2D eigenvalue weighted by atomic mass is 35.5. The summed E-state index contributed by atoms with van der Waals surface area (Å²) >= 11 is 6.26. The lowest BCUT2D eigenvalue weighted by Crippen LogP contribution is -2.12. The molecule has 0 aliphatic rings. The van der Waals surface area contributed by atoms with Crippen LogP contribution in [-0.4, -0.2) is 14.4 Å². The highest BCUT2D eigenvalue weighted by molar-refractivity contribution is 6.32. The molecule has 0 saturated heterocycles. The van der Waals surface area contributed by atoms with Crippen molar-refractivity contribution >= 4 is 22.9 Å². The largest absolute Gasteiger partial charge is 0.316 e. The Morgan fingerprint density at radius 1 is 1.32 bits per heavy atom. The highest BCUT2D eigenvalue weighted by Gasteiger charge is 2.11. The Bertz CT molecular complexity index is 855. The number of hydrogen-bond donors (Lipinski definition) is 1. The normalized spacial score (nSPS) is 10.5. The van der Waals surface area contributed by atoms with E-state index in [1.54, 1.807) is 30.5 Å². The van der Waals surface area contributed by atoms with Crippen molar-refractivity contribution in [2.75, 3.05) is 0 Å². The van der Waals surface area contributed by atoms with Gasteiger partial charge in [-0.05, 0) is 5.56 Å². The van der Waals surface area contributed by atoms with E-state index in [0.717, 1.165) is 5.56 Å². The van der Waals surface area contributed by atoms with E-state index in [0.29, 0.717) is 16.5 Å². The summed E-state index contributed by atoms with van der Waals surface area (Å²) in [6, 6.07) is 6.84. The molecule has 0 aliphatic carbocycles. The summed E-state index contributed by atoms with van der Waals surface area (Å²) in [6.45, 7) is 6.91. The molecule has 2 heterocycles. The third-order valence-corrected chi connectivity index (χ3v) is 3.16. The van der Waals surface area contributed by atoms with Crippen molar-refractivity contribution in [2.24, 2.45) is 0 Å². The number of H-pyrrole nitrogens is 1.